The number of ether oxygens (including phenoxy) is 1. The van der Waals surface area contributed by atoms with E-state index in [0.29, 0.717) is 30.1 Å². The minimum atomic E-state index is 0.257. The third kappa shape index (κ3) is 3.29. The Labute approximate surface area is 115 Å². The number of methoxy groups -OCH3 is 1. The molecule has 0 spiro atoms. The fourth-order valence-corrected chi connectivity index (χ4v) is 4.18. The average Bonchev–Trinajstić information content (AvgIpc) is 2.96. The second-order valence-electron chi connectivity index (χ2n) is 6.61. The first-order chi connectivity index (χ1) is 9.22. The highest BCUT2D eigenvalue weighted by Gasteiger charge is 2.34. The van der Waals surface area contributed by atoms with Gasteiger partial charge < -0.3 is 15.4 Å². The molecule has 0 aromatic rings. The minimum absolute atomic E-state index is 0.257. The molecule has 4 unspecified atom stereocenters. The number of carbonyl (C=O) groups is 1. The molecular weight excluding hydrogens is 240 g/mol. The van der Waals surface area contributed by atoms with Crippen molar-refractivity contribution in [1.29, 1.82) is 0 Å². The second-order valence-corrected chi connectivity index (χ2v) is 6.61. The van der Waals surface area contributed by atoms with Crippen molar-refractivity contribution in [3.8, 4) is 0 Å². The Morgan fingerprint density at radius 2 is 1.89 bits per heavy atom. The molecule has 2 heterocycles. The highest BCUT2D eigenvalue weighted by molar-refractivity contribution is 5.76. The largest absolute Gasteiger partial charge is 0.381 e. The van der Waals surface area contributed by atoms with Crippen LogP contribution < -0.4 is 10.6 Å². The van der Waals surface area contributed by atoms with Crippen molar-refractivity contribution in [2.24, 2.45) is 5.92 Å². The molecule has 0 aromatic heterocycles. The number of fused-ring (bicyclic) bond motifs is 2. The van der Waals surface area contributed by atoms with E-state index in [1.165, 1.54) is 25.7 Å². The van der Waals surface area contributed by atoms with Gasteiger partial charge in [0.05, 0.1) is 6.10 Å². The SMILES string of the molecule is COC1CCC(NC(=O)CC2CC3CCC(C2)N3)C1. The summed E-state index contributed by atoms with van der Waals surface area (Å²) >= 11 is 0. The van der Waals surface area contributed by atoms with E-state index in [4.69, 9.17) is 4.74 Å². The van der Waals surface area contributed by atoms with Gasteiger partial charge in [-0.25, -0.2) is 0 Å². The van der Waals surface area contributed by atoms with E-state index in [-0.39, 0.29) is 5.91 Å². The summed E-state index contributed by atoms with van der Waals surface area (Å²) in [6, 6.07) is 1.71. The molecule has 2 N–H and O–H groups in total. The maximum Gasteiger partial charge on any atom is 0.220 e. The molecule has 0 aromatic carbocycles. The van der Waals surface area contributed by atoms with Crippen LogP contribution in [0.25, 0.3) is 0 Å². The van der Waals surface area contributed by atoms with E-state index < -0.39 is 0 Å². The first-order valence-corrected chi connectivity index (χ1v) is 7.81. The van der Waals surface area contributed by atoms with Crippen LogP contribution >= 0.6 is 0 Å². The first-order valence-electron chi connectivity index (χ1n) is 7.81. The van der Waals surface area contributed by atoms with Crippen molar-refractivity contribution in [3.05, 3.63) is 0 Å². The maximum atomic E-state index is 12.1. The summed E-state index contributed by atoms with van der Waals surface area (Å²) in [5.74, 6) is 0.853. The normalized spacial score (nSPS) is 41.4. The molecule has 2 aliphatic heterocycles. The lowest BCUT2D eigenvalue weighted by atomic mass is 9.89. The van der Waals surface area contributed by atoms with Crippen LogP contribution in [0.4, 0.5) is 0 Å². The lowest BCUT2D eigenvalue weighted by molar-refractivity contribution is -0.123. The van der Waals surface area contributed by atoms with E-state index in [9.17, 15) is 4.79 Å². The zero-order valence-corrected chi connectivity index (χ0v) is 11.9. The molecule has 3 fully saturated rings. The van der Waals surface area contributed by atoms with Crippen molar-refractivity contribution in [2.45, 2.75) is 75.6 Å². The lowest BCUT2D eigenvalue weighted by Gasteiger charge is -2.29. The van der Waals surface area contributed by atoms with Gasteiger partial charge in [0.15, 0.2) is 0 Å². The van der Waals surface area contributed by atoms with Crippen molar-refractivity contribution >= 4 is 5.91 Å². The monoisotopic (exact) mass is 266 g/mol. The molecule has 1 amide bonds. The molecule has 2 bridgehead atoms. The number of nitrogens with one attached hydrogen (secondary N) is 2. The average molecular weight is 266 g/mol. The molecular formula is C15H26N2O2. The number of amides is 1. The summed E-state index contributed by atoms with van der Waals surface area (Å²) in [5.41, 5.74) is 0. The predicted octanol–water partition coefficient (Wildman–Crippen LogP) is 1.59. The summed E-state index contributed by atoms with van der Waals surface area (Å²) in [5, 5.41) is 6.83. The fourth-order valence-electron chi connectivity index (χ4n) is 4.18. The summed E-state index contributed by atoms with van der Waals surface area (Å²) in [4.78, 5) is 12.1. The second kappa shape index (κ2) is 5.80. The van der Waals surface area contributed by atoms with Crippen LogP contribution in [0.1, 0.15) is 51.4 Å². The van der Waals surface area contributed by atoms with Crippen molar-refractivity contribution in [3.63, 3.8) is 0 Å². The predicted molar refractivity (Wildman–Crippen MR) is 73.9 cm³/mol. The molecule has 3 rings (SSSR count). The molecule has 19 heavy (non-hydrogen) atoms. The Bertz CT molecular complexity index is 322. The van der Waals surface area contributed by atoms with Gasteiger partial charge >= 0.3 is 0 Å². The summed E-state index contributed by atoms with van der Waals surface area (Å²) < 4.78 is 5.35. The molecule has 1 aliphatic carbocycles. The molecule has 2 saturated heterocycles. The summed E-state index contributed by atoms with van der Waals surface area (Å²) in [7, 11) is 1.76. The van der Waals surface area contributed by atoms with Crippen LogP contribution in [0.3, 0.4) is 0 Å². The van der Waals surface area contributed by atoms with Crippen molar-refractivity contribution in [2.75, 3.05) is 7.11 Å². The van der Waals surface area contributed by atoms with Crippen LogP contribution in [0, 0.1) is 5.92 Å². The Balaban J connectivity index is 1.42. The molecule has 4 nitrogen and oxygen atoms in total. The Kier molecular flexibility index (Phi) is 4.08. The number of hydrogen-bond donors (Lipinski definition) is 2. The quantitative estimate of drug-likeness (QED) is 0.812. The van der Waals surface area contributed by atoms with E-state index in [2.05, 4.69) is 10.6 Å². The van der Waals surface area contributed by atoms with Crippen LogP contribution in [-0.4, -0.2) is 37.2 Å². The maximum absolute atomic E-state index is 12.1. The Morgan fingerprint density at radius 3 is 2.53 bits per heavy atom. The summed E-state index contributed by atoms with van der Waals surface area (Å²) in [6.07, 6.45) is 9.20. The molecule has 108 valence electrons. The van der Waals surface area contributed by atoms with Crippen LogP contribution in [-0.2, 0) is 9.53 Å². The van der Waals surface area contributed by atoms with Crippen LogP contribution in [0.15, 0.2) is 0 Å². The van der Waals surface area contributed by atoms with E-state index in [1.807, 2.05) is 0 Å². The lowest BCUT2D eigenvalue weighted by Crippen LogP contribution is -2.41. The highest BCUT2D eigenvalue weighted by Crippen LogP contribution is 2.32. The Hall–Kier alpha value is -0.610. The number of hydrogen-bond acceptors (Lipinski definition) is 3. The van der Waals surface area contributed by atoms with Gasteiger partial charge in [0.25, 0.3) is 0 Å². The minimum Gasteiger partial charge on any atom is -0.381 e. The van der Waals surface area contributed by atoms with E-state index in [1.54, 1.807) is 7.11 Å². The van der Waals surface area contributed by atoms with Gasteiger partial charge in [-0.15, -0.1) is 0 Å². The third-order valence-corrected chi connectivity index (χ3v) is 5.13. The van der Waals surface area contributed by atoms with Crippen LogP contribution in [0.5, 0.6) is 0 Å². The van der Waals surface area contributed by atoms with Gasteiger partial charge in [-0.2, -0.15) is 0 Å². The zero-order valence-electron chi connectivity index (χ0n) is 11.9. The van der Waals surface area contributed by atoms with Gasteiger partial charge in [0.2, 0.25) is 5.91 Å². The topological polar surface area (TPSA) is 50.4 Å². The molecule has 1 saturated carbocycles. The van der Waals surface area contributed by atoms with Crippen molar-refractivity contribution in [1.82, 2.24) is 10.6 Å². The van der Waals surface area contributed by atoms with Gasteiger partial charge in [0.1, 0.15) is 0 Å². The van der Waals surface area contributed by atoms with E-state index >= 15 is 0 Å². The summed E-state index contributed by atoms with van der Waals surface area (Å²) in [6.45, 7) is 0. The van der Waals surface area contributed by atoms with Gasteiger partial charge in [0, 0.05) is 31.7 Å². The van der Waals surface area contributed by atoms with Gasteiger partial charge in [-0.05, 0) is 50.9 Å². The fraction of sp³-hybridized carbons (Fsp3) is 0.933. The van der Waals surface area contributed by atoms with Gasteiger partial charge in [-0.3, -0.25) is 4.79 Å². The molecule has 4 heteroatoms. The standard InChI is InChI=1S/C15H26N2O2/c1-19-14-5-4-13(9-14)17-15(18)8-10-6-11-2-3-12(7-10)16-11/h10-14,16H,2-9H2,1H3,(H,17,18). The number of rotatable bonds is 4. The van der Waals surface area contributed by atoms with Crippen LogP contribution in [0.2, 0.25) is 0 Å². The number of carbonyl (C=O) groups excluding carboxylic acids is 1. The highest BCUT2D eigenvalue weighted by atomic mass is 16.5. The molecule has 4 atom stereocenters. The third-order valence-electron chi connectivity index (χ3n) is 5.13. The first kappa shape index (κ1) is 13.4. The van der Waals surface area contributed by atoms with Gasteiger partial charge in [-0.1, -0.05) is 0 Å². The van der Waals surface area contributed by atoms with Crippen molar-refractivity contribution < 1.29 is 9.53 Å². The zero-order chi connectivity index (χ0) is 13.2. The molecule has 3 aliphatic rings. The number of piperidine rings is 1. The Morgan fingerprint density at radius 1 is 1.16 bits per heavy atom. The van der Waals surface area contributed by atoms with E-state index in [0.717, 1.165) is 25.7 Å². The smallest absolute Gasteiger partial charge is 0.220 e. The molecule has 0 radical (unpaired) electrons.